The van der Waals surface area contributed by atoms with E-state index in [1.165, 1.54) is 5.56 Å². The van der Waals surface area contributed by atoms with Crippen LogP contribution in [0.25, 0.3) is 0 Å². The summed E-state index contributed by atoms with van der Waals surface area (Å²) in [4.78, 5) is 2.50. The molecule has 1 atom stereocenters. The lowest BCUT2D eigenvalue weighted by atomic mass is 10.00. The molecule has 0 bridgehead atoms. The Morgan fingerprint density at radius 3 is 1.96 bits per heavy atom. The number of benzene rings is 1. The fourth-order valence-electron chi connectivity index (χ4n) is 2.98. The summed E-state index contributed by atoms with van der Waals surface area (Å²) in [6, 6.07) is 4.30. The molecule has 0 saturated carbocycles. The highest BCUT2D eigenvalue weighted by molar-refractivity contribution is 5.85. The molecule has 1 heterocycles. The summed E-state index contributed by atoms with van der Waals surface area (Å²) >= 11 is 0. The molecular weight excluding hydrogens is 339 g/mol. The zero-order chi connectivity index (χ0) is 15.2. The van der Waals surface area contributed by atoms with Crippen LogP contribution in [-0.2, 0) is 0 Å². The number of piperazine rings is 1. The lowest BCUT2D eigenvalue weighted by Crippen LogP contribution is -2.45. The first kappa shape index (κ1) is 22.1. The highest BCUT2D eigenvalue weighted by Crippen LogP contribution is 2.40. The Balaban J connectivity index is 0.00000242. The van der Waals surface area contributed by atoms with E-state index in [2.05, 4.69) is 17.1 Å². The van der Waals surface area contributed by atoms with Crippen molar-refractivity contribution in [3.63, 3.8) is 0 Å². The van der Waals surface area contributed by atoms with Crippen molar-refractivity contribution in [1.29, 1.82) is 0 Å². The average molecular weight is 367 g/mol. The molecule has 0 radical (unpaired) electrons. The van der Waals surface area contributed by atoms with Crippen molar-refractivity contribution < 1.29 is 14.2 Å². The van der Waals surface area contributed by atoms with Crippen LogP contribution >= 0.6 is 24.8 Å². The van der Waals surface area contributed by atoms with Crippen molar-refractivity contribution in [3.8, 4) is 17.2 Å². The second-order valence-electron chi connectivity index (χ2n) is 5.16. The summed E-state index contributed by atoms with van der Waals surface area (Å²) in [5.41, 5.74) is 1.17. The Morgan fingerprint density at radius 1 is 0.957 bits per heavy atom. The molecule has 0 spiro atoms. The number of nitrogens with zero attached hydrogens (tertiary/aromatic N) is 1. The molecule has 0 unspecified atom stereocenters. The highest BCUT2D eigenvalue weighted by atomic mass is 35.5. The number of hydrogen-bond acceptors (Lipinski definition) is 5. The Hall–Kier alpha value is -0.880. The molecule has 0 aromatic heterocycles. The molecular formula is C16H28Cl2N2O3. The monoisotopic (exact) mass is 366 g/mol. The van der Waals surface area contributed by atoms with Crippen LogP contribution in [-0.4, -0.2) is 52.4 Å². The van der Waals surface area contributed by atoms with E-state index in [1.54, 1.807) is 21.3 Å². The van der Waals surface area contributed by atoms with Crippen LogP contribution in [0.1, 0.15) is 24.9 Å². The van der Waals surface area contributed by atoms with Crippen molar-refractivity contribution in [2.45, 2.75) is 19.4 Å². The Bertz CT molecular complexity index is 469. The van der Waals surface area contributed by atoms with Crippen LogP contribution in [0.5, 0.6) is 17.2 Å². The van der Waals surface area contributed by atoms with Crippen LogP contribution in [0.2, 0.25) is 0 Å². The van der Waals surface area contributed by atoms with Gasteiger partial charge in [0, 0.05) is 43.9 Å². The lowest BCUT2D eigenvalue weighted by molar-refractivity contribution is 0.166. The normalized spacial score (nSPS) is 15.8. The average Bonchev–Trinajstić information content (AvgIpc) is 2.56. The molecule has 1 aliphatic rings. The van der Waals surface area contributed by atoms with Crippen LogP contribution in [0.4, 0.5) is 0 Å². The minimum atomic E-state index is 0. The summed E-state index contributed by atoms with van der Waals surface area (Å²) in [6.45, 7) is 6.38. The van der Waals surface area contributed by atoms with Crippen LogP contribution in [0.15, 0.2) is 12.1 Å². The minimum absolute atomic E-state index is 0. The van der Waals surface area contributed by atoms with Gasteiger partial charge in [-0.1, -0.05) is 6.92 Å². The van der Waals surface area contributed by atoms with E-state index >= 15 is 0 Å². The third-order valence-electron chi connectivity index (χ3n) is 4.07. The first-order valence-corrected chi connectivity index (χ1v) is 7.49. The molecule has 1 aromatic rings. The van der Waals surface area contributed by atoms with E-state index < -0.39 is 0 Å². The van der Waals surface area contributed by atoms with E-state index in [1.807, 2.05) is 12.1 Å². The number of nitrogens with one attached hydrogen (secondary N) is 1. The van der Waals surface area contributed by atoms with E-state index in [0.29, 0.717) is 11.8 Å². The van der Waals surface area contributed by atoms with Crippen LogP contribution in [0.3, 0.4) is 0 Å². The third kappa shape index (κ3) is 5.05. The van der Waals surface area contributed by atoms with Crippen LogP contribution < -0.4 is 19.5 Å². The van der Waals surface area contributed by atoms with Gasteiger partial charge >= 0.3 is 0 Å². The molecule has 1 aromatic carbocycles. The maximum absolute atomic E-state index is 5.58. The highest BCUT2D eigenvalue weighted by Gasteiger charge is 2.25. The molecule has 0 amide bonds. The molecule has 7 heteroatoms. The first-order valence-electron chi connectivity index (χ1n) is 7.49. The van der Waals surface area contributed by atoms with Gasteiger partial charge in [0.1, 0.15) is 5.75 Å². The van der Waals surface area contributed by atoms with Gasteiger partial charge in [0.15, 0.2) is 11.5 Å². The zero-order valence-electron chi connectivity index (χ0n) is 14.3. The summed E-state index contributed by atoms with van der Waals surface area (Å²) in [6.07, 6.45) is 1.03. The Labute approximate surface area is 151 Å². The topological polar surface area (TPSA) is 43.0 Å². The molecule has 1 aliphatic heterocycles. The maximum atomic E-state index is 5.58. The molecule has 134 valence electrons. The van der Waals surface area contributed by atoms with Crippen molar-refractivity contribution in [2.75, 3.05) is 47.5 Å². The number of ether oxygens (including phenoxy) is 3. The largest absolute Gasteiger partial charge is 0.496 e. The molecule has 2 rings (SSSR count). The number of hydrogen-bond donors (Lipinski definition) is 1. The second kappa shape index (κ2) is 10.8. The van der Waals surface area contributed by atoms with Crippen LogP contribution in [0, 0.1) is 0 Å². The zero-order valence-corrected chi connectivity index (χ0v) is 15.9. The fraction of sp³-hybridized carbons (Fsp3) is 0.625. The van der Waals surface area contributed by atoms with E-state index in [4.69, 9.17) is 14.2 Å². The van der Waals surface area contributed by atoms with Crippen molar-refractivity contribution >= 4 is 24.8 Å². The van der Waals surface area contributed by atoms with Crippen molar-refractivity contribution in [3.05, 3.63) is 17.7 Å². The quantitative estimate of drug-likeness (QED) is 0.838. The molecule has 1 N–H and O–H groups in total. The third-order valence-corrected chi connectivity index (χ3v) is 4.07. The number of rotatable bonds is 6. The Morgan fingerprint density at radius 2 is 1.48 bits per heavy atom. The summed E-state index contributed by atoms with van der Waals surface area (Å²) in [5, 5.41) is 3.40. The molecule has 1 fully saturated rings. The van der Waals surface area contributed by atoms with Gasteiger partial charge in [-0.3, -0.25) is 4.90 Å². The second-order valence-corrected chi connectivity index (χ2v) is 5.16. The van der Waals surface area contributed by atoms with Crippen molar-refractivity contribution in [1.82, 2.24) is 10.2 Å². The smallest absolute Gasteiger partial charge is 0.164 e. The first-order chi connectivity index (χ1) is 10.2. The van der Waals surface area contributed by atoms with E-state index in [0.717, 1.165) is 44.1 Å². The Kier molecular flexibility index (Phi) is 10.4. The van der Waals surface area contributed by atoms with Crippen molar-refractivity contribution in [2.24, 2.45) is 0 Å². The van der Waals surface area contributed by atoms with Gasteiger partial charge in [-0.2, -0.15) is 0 Å². The van der Waals surface area contributed by atoms with Gasteiger partial charge in [0.05, 0.1) is 21.3 Å². The van der Waals surface area contributed by atoms with Gasteiger partial charge in [0.25, 0.3) is 0 Å². The van der Waals surface area contributed by atoms with E-state index in [-0.39, 0.29) is 24.8 Å². The minimum Gasteiger partial charge on any atom is -0.496 e. The summed E-state index contributed by atoms with van der Waals surface area (Å²) < 4.78 is 16.4. The number of methoxy groups -OCH3 is 3. The van der Waals surface area contributed by atoms with E-state index in [9.17, 15) is 0 Å². The molecule has 23 heavy (non-hydrogen) atoms. The van der Waals surface area contributed by atoms with Gasteiger partial charge in [-0.25, -0.2) is 0 Å². The van der Waals surface area contributed by atoms with Gasteiger partial charge in [0.2, 0.25) is 0 Å². The maximum Gasteiger partial charge on any atom is 0.164 e. The summed E-state index contributed by atoms with van der Waals surface area (Å²) in [7, 11) is 5.01. The molecule has 5 nitrogen and oxygen atoms in total. The predicted octanol–water partition coefficient (Wildman–Crippen LogP) is 2.91. The van der Waals surface area contributed by atoms with Gasteiger partial charge < -0.3 is 19.5 Å². The fourth-order valence-corrected chi connectivity index (χ4v) is 2.98. The van der Waals surface area contributed by atoms with Gasteiger partial charge in [-0.05, 0) is 12.5 Å². The molecule has 1 saturated heterocycles. The standard InChI is InChI=1S/C16H26N2O3.2ClH/c1-5-13(18-8-6-17-7-9-18)12-10-15(20-3)16(21-4)11-14(12)19-2;;/h10-11,13,17H,5-9H2,1-4H3;2*1H/t13-;;/m1../s1. The lowest BCUT2D eigenvalue weighted by Gasteiger charge is -2.35. The predicted molar refractivity (Wildman–Crippen MR) is 98.1 cm³/mol. The summed E-state index contributed by atoms with van der Waals surface area (Å²) in [5.74, 6) is 2.31. The number of halogens is 2. The molecule has 0 aliphatic carbocycles. The van der Waals surface area contributed by atoms with Gasteiger partial charge in [-0.15, -0.1) is 24.8 Å². The SMILES string of the molecule is CC[C@H](c1cc(OC)c(OC)cc1OC)N1CCNCC1.Cl.Cl.